The molecule has 1 aromatic carbocycles. The van der Waals surface area contributed by atoms with E-state index in [0.717, 1.165) is 12.7 Å². The van der Waals surface area contributed by atoms with E-state index in [1.165, 1.54) is 19.4 Å². The highest BCUT2D eigenvalue weighted by atomic mass is 32.2. The molecule has 2 N–H and O–H groups in total. The molecule has 0 aliphatic carbocycles. The predicted octanol–water partition coefficient (Wildman–Crippen LogP) is 0.739. The van der Waals surface area contributed by atoms with Crippen LogP contribution in [0, 0.1) is 0 Å². The zero-order chi connectivity index (χ0) is 18.3. The molecule has 1 aliphatic heterocycles. The number of carbonyl (C=O) groups is 1. The molecule has 132 valence electrons. The molecule has 1 amide bonds. The van der Waals surface area contributed by atoms with E-state index in [9.17, 15) is 13.2 Å². The van der Waals surface area contributed by atoms with Gasteiger partial charge in [0.15, 0.2) is 0 Å². The van der Waals surface area contributed by atoms with Crippen LogP contribution in [0.25, 0.3) is 11.6 Å². The molecule has 0 atom stereocenters. The average Bonchev–Trinajstić information content (AvgIpc) is 3.36. The number of ether oxygens (including phenoxy) is 1. The Morgan fingerprint density at radius 3 is 2.88 bits per heavy atom. The fourth-order valence-electron chi connectivity index (χ4n) is 2.52. The monoisotopic (exact) mass is 372 g/mol. The molecular formula is C15H12N6O4S. The quantitative estimate of drug-likeness (QED) is 0.646. The van der Waals surface area contributed by atoms with Crippen molar-refractivity contribution in [2.45, 2.75) is 5.16 Å². The van der Waals surface area contributed by atoms with Crippen molar-refractivity contribution in [2.24, 2.45) is 0 Å². The van der Waals surface area contributed by atoms with Crippen molar-refractivity contribution in [1.82, 2.24) is 24.1 Å². The van der Waals surface area contributed by atoms with E-state index in [-0.39, 0.29) is 11.1 Å². The van der Waals surface area contributed by atoms with Gasteiger partial charge in [0.05, 0.1) is 24.6 Å². The van der Waals surface area contributed by atoms with E-state index in [1.54, 1.807) is 18.2 Å². The molecule has 11 heteroatoms. The average molecular weight is 372 g/mol. The first-order chi connectivity index (χ1) is 12.5. The van der Waals surface area contributed by atoms with E-state index >= 15 is 0 Å². The molecule has 0 bridgehead atoms. The van der Waals surface area contributed by atoms with Gasteiger partial charge in [-0.2, -0.15) is 8.42 Å². The lowest BCUT2D eigenvalue weighted by Crippen LogP contribution is -2.15. The number of anilines is 1. The van der Waals surface area contributed by atoms with Gasteiger partial charge in [0.2, 0.25) is 5.16 Å². The standard InChI is InChI=1S/C15H12N6O4S/c1-25-10-2-3-13-11(5-10)12(14(22)20-13)4-9-6-17-15(19-9)26(23,24)21-8-16-7-18-21/h2-8H,1H3,(H,17,19)(H,20,22)/b12-4-. The van der Waals surface area contributed by atoms with Crippen molar-refractivity contribution in [2.75, 3.05) is 12.4 Å². The topological polar surface area (TPSA) is 132 Å². The highest BCUT2D eigenvalue weighted by Crippen LogP contribution is 2.35. The Balaban J connectivity index is 1.73. The number of hydrogen-bond donors (Lipinski definition) is 2. The first-order valence-electron chi connectivity index (χ1n) is 7.36. The van der Waals surface area contributed by atoms with Crippen LogP contribution >= 0.6 is 0 Å². The molecule has 2 aromatic heterocycles. The van der Waals surface area contributed by atoms with E-state index in [0.29, 0.717) is 32.4 Å². The number of benzene rings is 1. The fourth-order valence-corrected chi connectivity index (χ4v) is 3.48. The van der Waals surface area contributed by atoms with Crippen LogP contribution in [0.4, 0.5) is 5.69 Å². The lowest BCUT2D eigenvalue weighted by molar-refractivity contribution is -0.110. The number of aromatic nitrogens is 5. The van der Waals surface area contributed by atoms with Gasteiger partial charge in [0, 0.05) is 11.3 Å². The van der Waals surface area contributed by atoms with Crippen LogP contribution in [-0.2, 0) is 14.8 Å². The summed E-state index contributed by atoms with van der Waals surface area (Å²) in [6.07, 6.45) is 5.01. The van der Waals surface area contributed by atoms with Gasteiger partial charge < -0.3 is 15.0 Å². The second-order valence-electron chi connectivity index (χ2n) is 5.34. The maximum absolute atomic E-state index is 12.3. The Morgan fingerprint density at radius 1 is 1.31 bits per heavy atom. The molecular weight excluding hydrogens is 360 g/mol. The summed E-state index contributed by atoms with van der Waals surface area (Å²) in [5.41, 5.74) is 2.03. The summed E-state index contributed by atoms with van der Waals surface area (Å²) < 4.78 is 30.6. The zero-order valence-corrected chi connectivity index (χ0v) is 14.2. The van der Waals surface area contributed by atoms with E-state index in [2.05, 4.69) is 25.4 Å². The predicted molar refractivity (Wildman–Crippen MR) is 90.7 cm³/mol. The van der Waals surface area contributed by atoms with Crippen LogP contribution in [0.1, 0.15) is 11.3 Å². The highest BCUT2D eigenvalue weighted by Gasteiger charge is 2.26. The maximum Gasteiger partial charge on any atom is 0.318 e. The minimum Gasteiger partial charge on any atom is -0.497 e. The molecule has 4 rings (SSSR count). The Kier molecular flexibility index (Phi) is 3.58. The molecule has 10 nitrogen and oxygen atoms in total. The van der Waals surface area contributed by atoms with Gasteiger partial charge in [0.25, 0.3) is 5.91 Å². The number of nitrogens with zero attached hydrogens (tertiary/aromatic N) is 4. The molecule has 3 aromatic rings. The SMILES string of the molecule is COc1ccc2c(c1)/C(=C/c1cnc(S(=O)(=O)n3cncn3)[nH]1)C(=O)N2. The second-order valence-corrected chi connectivity index (χ2v) is 7.05. The van der Waals surface area contributed by atoms with Crippen LogP contribution in [0.3, 0.4) is 0 Å². The molecule has 0 saturated carbocycles. The molecule has 26 heavy (non-hydrogen) atoms. The van der Waals surface area contributed by atoms with Crippen LogP contribution in [-0.4, -0.2) is 45.6 Å². The van der Waals surface area contributed by atoms with Crippen molar-refractivity contribution in [3.8, 4) is 5.75 Å². The molecule has 0 spiro atoms. The van der Waals surface area contributed by atoms with Gasteiger partial charge in [0.1, 0.15) is 18.4 Å². The molecule has 0 radical (unpaired) electrons. The summed E-state index contributed by atoms with van der Waals surface area (Å²) in [5, 5.41) is 6.04. The first kappa shape index (κ1) is 16.0. The molecule has 0 saturated heterocycles. The van der Waals surface area contributed by atoms with Crippen LogP contribution in [0.15, 0.2) is 42.2 Å². The summed E-state index contributed by atoms with van der Waals surface area (Å²) >= 11 is 0. The van der Waals surface area contributed by atoms with Crippen molar-refractivity contribution in [3.63, 3.8) is 0 Å². The summed E-state index contributed by atoms with van der Waals surface area (Å²) in [4.78, 5) is 22.4. The summed E-state index contributed by atoms with van der Waals surface area (Å²) in [7, 11) is -2.43. The van der Waals surface area contributed by atoms with Gasteiger partial charge >= 0.3 is 10.0 Å². The van der Waals surface area contributed by atoms with Gasteiger partial charge in [-0.1, -0.05) is 0 Å². The number of amides is 1. The Hall–Kier alpha value is -3.47. The largest absolute Gasteiger partial charge is 0.497 e. The van der Waals surface area contributed by atoms with E-state index in [1.807, 2.05) is 0 Å². The number of aromatic amines is 1. The van der Waals surface area contributed by atoms with Gasteiger partial charge in [-0.25, -0.2) is 9.97 Å². The van der Waals surface area contributed by atoms with E-state index < -0.39 is 10.0 Å². The molecule has 0 unspecified atom stereocenters. The van der Waals surface area contributed by atoms with Crippen LogP contribution in [0.5, 0.6) is 5.75 Å². The Labute approximate surface area is 147 Å². The van der Waals surface area contributed by atoms with Crippen molar-refractivity contribution >= 4 is 33.3 Å². The fraction of sp³-hybridized carbons (Fsp3) is 0.0667. The molecule has 0 fully saturated rings. The number of rotatable bonds is 4. The van der Waals surface area contributed by atoms with Crippen LogP contribution in [0.2, 0.25) is 0 Å². The first-order valence-corrected chi connectivity index (χ1v) is 8.80. The summed E-state index contributed by atoms with van der Waals surface area (Å²) in [6.45, 7) is 0. The Morgan fingerprint density at radius 2 is 2.15 bits per heavy atom. The highest BCUT2D eigenvalue weighted by molar-refractivity contribution is 7.89. The normalized spacial score (nSPS) is 15.1. The van der Waals surface area contributed by atoms with Gasteiger partial charge in [-0.3, -0.25) is 4.79 Å². The minimum atomic E-state index is -3.97. The number of imidazole rings is 1. The maximum atomic E-state index is 12.3. The zero-order valence-electron chi connectivity index (χ0n) is 13.4. The van der Waals surface area contributed by atoms with Gasteiger partial charge in [-0.15, -0.1) is 9.19 Å². The number of hydrogen-bond acceptors (Lipinski definition) is 7. The lowest BCUT2D eigenvalue weighted by Gasteiger charge is -2.02. The van der Waals surface area contributed by atoms with Crippen molar-refractivity contribution in [3.05, 3.63) is 48.3 Å². The number of nitrogens with one attached hydrogen (secondary N) is 2. The smallest absolute Gasteiger partial charge is 0.318 e. The minimum absolute atomic E-state index is 0.302. The third-order valence-corrected chi connectivity index (χ3v) is 5.15. The second kappa shape index (κ2) is 5.81. The van der Waals surface area contributed by atoms with Crippen molar-refractivity contribution < 1.29 is 17.9 Å². The van der Waals surface area contributed by atoms with Gasteiger partial charge in [-0.05, 0) is 24.3 Å². The lowest BCUT2D eigenvalue weighted by atomic mass is 10.1. The third kappa shape index (κ3) is 2.54. The molecule has 3 heterocycles. The summed E-state index contributed by atoms with van der Waals surface area (Å²) in [6, 6.07) is 5.20. The third-order valence-electron chi connectivity index (χ3n) is 3.77. The number of carbonyl (C=O) groups excluding carboxylic acids is 1. The number of H-pyrrole nitrogens is 1. The van der Waals surface area contributed by atoms with Crippen LogP contribution < -0.4 is 10.1 Å². The van der Waals surface area contributed by atoms with E-state index in [4.69, 9.17) is 4.74 Å². The number of methoxy groups -OCH3 is 1. The summed E-state index contributed by atoms with van der Waals surface area (Å²) in [5.74, 6) is 0.300. The van der Waals surface area contributed by atoms with Crippen molar-refractivity contribution in [1.29, 1.82) is 0 Å². The molecule has 1 aliphatic rings. The Bertz CT molecular complexity index is 1130. The number of fused-ring (bicyclic) bond motifs is 1.